The number of rotatable bonds is 8. The molecule has 9 nitrogen and oxygen atoms in total. The van der Waals surface area contributed by atoms with E-state index in [0.29, 0.717) is 16.8 Å². The maximum Gasteiger partial charge on any atom is 0.296 e. The van der Waals surface area contributed by atoms with Gasteiger partial charge in [0.05, 0.1) is 23.3 Å². The van der Waals surface area contributed by atoms with Gasteiger partial charge in [0, 0.05) is 12.5 Å². The molecule has 1 N–H and O–H groups in total. The Bertz CT molecular complexity index is 865. The summed E-state index contributed by atoms with van der Waals surface area (Å²) in [5.41, 5.74) is -0.0819. The molecular formula is C17H21N5O4S. The fraction of sp³-hybridized carbons (Fsp3) is 0.471. The fourth-order valence-corrected chi connectivity index (χ4v) is 3.59. The monoisotopic (exact) mass is 391 g/mol. The number of benzene rings is 1. The molecule has 0 radical (unpaired) electrons. The van der Waals surface area contributed by atoms with Crippen LogP contribution in [0.2, 0.25) is 0 Å². The van der Waals surface area contributed by atoms with Crippen LogP contribution in [0.15, 0.2) is 23.4 Å². The van der Waals surface area contributed by atoms with Crippen molar-refractivity contribution in [2.75, 3.05) is 12.4 Å². The van der Waals surface area contributed by atoms with Crippen LogP contribution in [0.3, 0.4) is 0 Å². The van der Waals surface area contributed by atoms with E-state index in [-0.39, 0.29) is 17.3 Å². The lowest BCUT2D eigenvalue weighted by atomic mass is 10.2. The quantitative estimate of drug-likeness (QED) is 0.418. The van der Waals surface area contributed by atoms with Crippen LogP contribution in [0.5, 0.6) is 5.75 Å². The zero-order chi connectivity index (χ0) is 19.6. The largest absolute Gasteiger partial charge is 0.496 e. The van der Waals surface area contributed by atoms with Crippen LogP contribution in [0, 0.1) is 10.1 Å². The number of nitrogens with zero attached hydrogens (tertiary/aromatic N) is 4. The van der Waals surface area contributed by atoms with E-state index in [1.54, 1.807) is 13.0 Å². The molecule has 144 valence electrons. The third-order valence-corrected chi connectivity index (χ3v) is 5.40. The number of thioether (sulfide) groups is 1. The first-order chi connectivity index (χ1) is 12.9. The number of hydrogen-bond donors (Lipinski definition) is 1. The second-order valence-electron chi connectivity index (χ2n) is 6.25. The summed E-state index contributed by atoms with van der Waals surface area (Å²) in [6.45, 7) is 4.49. The first kappa shape index (κ1) is 19.2. The van der Waals surface area contributed by atoms with Crippen molar-refractivity contribution in [3.63, 3.8) is 0 Å². The Morgan fingerprint density at radius 1 is 1.48 bits per heavy atom. The molecule has 1 heterocycles. The lowest BCUT2D eigenvalue weighted by Crippen LogP contribution is -2.23. The number of ether oxygens (including phenoxy) is 1. The average Bonchev–Trinajstić information content (AvgIpc) is 3.42. The molecule has 1 aromatic heterocycles. The highest BCUT2D eigenvalue weighted by atomic mass is 32.2. The molecule has 1 aliphatic carbocycles. The van der Waals surface area contributed by atoms with Crippen molar-refractivity contribution in [3.8, 4) is 5.75 Å². The molecule has 0 unspecified atom stereocenters. The second kappa shape index (κ2) is 7.95. The van der Waals surface area contributed by atoms with Gasteiger partial charge >= 0.3 is 0 Å². The summed E-state index contributed by atoms with van der Waals surface area (Å²) in [7, 11) is 1.43. The van der Waals surface area contributed by atoms with Crippen LogP contribution < -0.4 is 10.1 Å². The van der Waals surface area contributed by atoms with Crippen molar-refractivity contribution < 1.29 is 14.5 Å². The van der Waals surface area contributed by atoms with Crippen molar-refractivity contribution >= 4 is 29.0 Å². The predicted molar refractivity (Wildman–Crippen MR) is 101 cm³/mol. The number of amides is 1. The van der Waals surface area contributed by atoms with Gasteiger partial charge in [-0.1, -0.05) is 11.8 Å². The van der Waals surface area contributed by atoms with E-state index in [9.17, 15) is 14.9 Å². The minimum atomic E-state index is -0.550. The van der Waals surface area contributed by atoms with Gasteiger partial charge in [-0.25, -0.2) is 0 Å². The molecule has 0 bridgehead atoms. The molecule has 0 saturated heterocycles. The van der Waals surface area contributed by atoms with Crippen molar-refractivity contribution in [2.45, 2.75) is 49.6 Å². The highest BCUT2D eigenvalue weighted by molar-refractivity contribution is 8.00. The Labute approximate surface area is 160 Å². The number of methoxy groups -OCH3 is 1. The normalized spacial score (nSPS) is 14.6. The Morgan fingerprint density at radius 2 is 2.22 bits per heavy atom. The van der Waals surface area contributed by atoms with Gasteiger partial charge in [0.25, 0.3) is 5.69 Å². The Hall–Kier alpha value is -2.62. The molecule has 0 aliphatic heterocycles. The number of aromatic nitrogens is 3. The molecule has 1 fully saturated rings. The van der Waals surface area contributed by atoms with Crippen LogP contribution in [-0.2, 0) is 11.3 Å². The Morgan fingerprint density at radius 3 is 2.81 bits per heavy atom. The number of nitro groups is 1. The minimum Gasteiger partial charge on any atom is -0.496 e. The van der Waals surface area contributed by atoms with Gasteiger partial charge in [-0.15, -0.1) is 10.2 Å². The van der Waals surface area contributed by atoms with Crippen LogP contribution in [0.4, 0.5) is 11.4 Å². The SMILES string of the molecule is CCn1c(S[C@H](C)C(=O)Nc2ccc(OC)cc2[N+](=O)[O-])nnc1C1CC1. The fourth-order valence-electron chi connectivity index (χ4n) is 2.67. The molecule has 3 rings (SSSR count). The van der Waals surface area contributed by atoms with Crippen molar-refractivity contribution in [1.29, 1.82) is 0 Å². The first-order valence-electron chi connectivity index (χ1n) is 8.67. The van der Waals surface area contributed by atoms with E-state index in [4.69, 9.17) is 4.74 Å². The summed E-state index contributed by atoms with van der Waals surface area (Å²) in [4.78, 5) is 23.3. The molecule has 27 heavy (non-hydrogen) atoms. The molecule has 1 amide bonds. The molecule has 2 aromatic rings. The van der Waals surface area contributed by atoms with Crippen molar-refractivity contribution in [2.24, 2.45) is 0 Å². The van der Waals surface area contributed by atoms with Crippen LogP contribution in [-0.4, -0.2) is 38.0 Å². The molecule has 1 aliphatic rings. The van der Waals surface area contributed by atoms with E-state index < -0.39 is 10.2 Å². The van der Waals surface area contributed by atoms with E-state index in [2.05, 4.69) is 15.5 Å². The zero-order valence-electron chi connectivity index (χ0n) is 15.3. The van der Waals surface area contributed by atoms with E-state index in [1.165, 1.54) is 31.0 Å². The number of carbonyl (C=O) groups is 1. The summed E-state index contributed by atoms with van der Waals surface area (Å²) in [5, 5.41) is 22.6. The summed E-state index contributed by atoms with van der Waals surface area (Å²) in [6.07, 6.45) is 2.25. The smallest absolute Gasteiger partial charge is 0.296 e. The van der Waals surface area contributed by atoms with Crippen molar-refractivity contribution in [3.05, 3.63) is 34.1 Å². The summed E-state index contributed by atoms with van der Waals surface area (Å²) in [6, 6.07) is 4.31. The van der Waals surface area contributed by atoms with Gasteiger partial charge in [-0.05, 0) is 38.8 Å². The molecule has 1 aromatic carbocycles. The Balaban J connectivity index is 1.72. The number of nitrogens with one attached hydrogen (secondary N) is 1. The number of anilines is 1. The topological polar surface area (TPSA) is 112 Å². The average molecular weight is 391 g/mol. The van der Waals surface area contributed by atoms with Gasteiger partial charge in [-0.2, -0.15) is 0 Å². The van der Waals surface area contributed by atoms with Crippen LogP contribution >= 0.6 is 11.8 Å². The standard InChI is InChI=1S/C17H21N5O4S/c1-4-21-15(11-5-6-11)19-20-17(21)27-10(2)16(23)18-13-8-7-12(26-3)9-14(13)22(24)25/h7-11H,4-6H2,1-3H3,(H,18,23)/t10-/m1/s1. The lowest BCUT2D eigenvalue weighted by molar-refractivity contribution is -0.384. The third-order valence-electron chi connectivity index (χ3n) is 4.32. The van der Waals surface area contributed by atoms with Gasteiger partial charge in [0.2, 0.25) is 5.91 Å². The number of nitro benzene ring substituents is 1. The van der Waals surface area contributed by atoms with Gasteiger partial charge in [0.15, 0.2) is 5.16 Å². The summed E-state index contributed by atoms with van der Waals surface area (Å²) < 4.78 is 7.03. The number of carbonyl (C=O) groups excluding carboxylic acids is 1. The van der Waals surface area contributed by atoms with Crippen LogP contribution in [0.25, 0.3) is 0 Å². The maximum atomic E-state index is 12.6. The molecule has 10 heteroatoms. The first-order valence-corrected chi connectivity index (χ1v) is 9.55. The van der Waals surface area contributed by atoms with E-state index >= 15 is 0 Å². The van der Waals surface area contributed by atoms with Gasteiger partial charge in [-0.3, -0.25) is 14.9 Å². The third kappa shape index (κ3) is 4.21. The maximum absolute atomic E-state index is 12.6. The molecule has 0 spiro atoms. The zero-order valence-corrected chi connectivity index (χ0v) is 16.2. The number of hydrogen-bond acceptors (Lipinski definition) is 7. The van der Waals surface area contributed by atoms with E-state index in [1.807, 2.05) is 11.5 Å². The lowest BCUT2D eigenvalue weighted by Gasteiger charge is -2.13. The molecule has 1 atom stereocenters. The van der Waals surface area contributed by atoms with Gasteiger partial charge in [0.1, 0.15) is 17.3 Å². The summed E-state index contributed by atoms with van der Waals surface area (Å²) in [5.74, 6) is 1.45. The second-order valence-corrected chi connectivity index (χ2v) is 7.56. The Kier molecular flexibility index (Phi) is 5.64. The highest BCUT2D eigenvalue weighted by Gasteiger charge is 2.31. The molecular weight excluding hydrogens is 370 g/mol. The van der Waals surface area contributed by atoms with Gasteiger partial charge < -0.3 is 14.6 Å². The molecule has 1 saturated carbocycles. The summed E-state index contributed by atoms with van der Waals surface area (Å²) >= 11 is 1.29. The van der Waals surface area contributed by atoms with E-state index in [0.717, 1.165) is 25.2 Å². The van der Waals surface area contributed by atoms with Crippen LogP contribution in [0.1, 0.15) is 38.4 Å². The van der Waals surface area contributed by atoms with Crippen molar-refractivity contribution in [1.82, 2.24) is 14.8 Å². The predicted octanol–water partition coefficient (Wildman–Crippen LogP) is 3.21. The highest BCUT2D eigenvalue weighted by Crippen LogP contribution is 2.40. The minimum absolute atomic E-state index is 0.133.